The number of rotatable bonds is 3. The van der Waals surface area contributed by atoms with Gasteiger partial charge in [0.05, 0.1) is 17.8 Å². The second kappa shape index (κ2) is 5.99. The van der Waals surface area contributed by atoms with E-state index in [0.29, 0.717) is 18.5 Å². The summed E-state index contributed by atoms with van der Waals surface area (Å²) in [5, 5.41) is 13.8. The number of nitro benzene ring substituents is 1. The zero-order valence-electron chi connectivity index (χ0n) is 9.36. The first-order valence-corrected chi connectivity index (χ1v) is 7.30. The van der Waals surface area contributed by atoms with Crippen LogP contribution in [0.15, 0.2) is 36.4 Å². The van der Waals surface area contributed by atoms with E-state index >= 15 is 0 Å². The fourth-order valence-electron chi connectivity index (χ4n) is 1.49. The molecule has 2 aromatic carbocycles. The average molecular weight is 484 g/mol. The van der Waals surface area contributed by atoms with Gasteiger partial charge in [-0.25, -0.2) is 4.39 Å². The molecule has 0 atom stereocenters. The van der Waals surface area contributed by atoms with Gasteiger partial charge in [-0.3, -0.25) is 10.1 Å². The number of nitro groups is 1. The van der Waals surface area contributed by atoms with Crippen LogP contribution in [0, 0.1) is 23.1 Å². The Hall–Kier alpha value is -0.970. The van der Waals surface area contributed by atoms with E-state index in [1.165, 1.54) is 12.1 Å². The molecule has 0 spiro atoms. The normalized spacial score (nSPS) is 10.3. The molecule has 0 fully saturated rings. The number of hydrogen-bond donors (Lipinski definition) is 1. The Morgan fingerprint density at radius 3 is 2.58 bits per heavy atom. The van der Waals surface area contributed by atoms with Gasteiger partial charge in [-0.05, 0) is 69.4 Å². The summed E-state index contributed by atoms with van der Waals surface area (Å²) in [6.07, 6.45) is 0. The molecular weight excluding hydrogens is 477 g/mol. The van der Waals surface area contributed by atoms with Crippen molar-refractivity contribution < 1.29 is 9.31 Å². The highest BCUT2D eigenvalue weighted by molar-refractivity contribution is 14.1. The minimum absolute atomic E-state index is 0.0556. The van der Waals surface area contributed by atoms with E-state index in [1.54, 1.807) is 24.3 Å². The molecule has 19 heavy (non-hydrogen) atoms. The van der Waals surface area contributed by atoms with E-state index in [9.17, 15) is 14.5 Å². The second-order valence-electron chi connectivity index (χ2n) is 3.65. The molecule has 0 amide bonds. The van der Waals surface area contributed by atoms with E-state index in [2.05, 4.69) is 5.32 Å². The molecule has 0 aliphatic rings. The standard InChI is InChI=1S/C12H7FI2N2O2/c13-8-2-1-3-10(12(8)15)16-7-4-5-11(17(18)19)9(14)6-7/h1-6,16H. The van der Waals surface area contributed by atoms with Crippen LogP contribution in [0.1, 0.15) is 0 Å². The van der Waals surface area contributed by atoms with Gasteiger partial charge in [-0.1, -0.05) is 6.07 Å². The van der Waals surface area contributed by atoms with Crippen LogP contribution in [-0.2, 0) is 0 Å². The topological polar surface area (TPSA) is 55.2 Å². The summed E-state index contributed by atoms with van der Waals surface area (Å²) in [5.41, 5.74) is 1.36. The molecule has 4 nitrogen and oxygen atoms in total. The van der Waals surface area contributed by atoms with E-state index < -0.39 is 4.92 Å². The Labute approximate surface area is 135 Å². The Bertz CT molecular complexity index is 650. The number of hydrogen-bond acceptors (Lipinski definition) is 3. The molecule has 0 aromatic heterocycles. The largest absolute Gasteiger partial charge is 0.355 e. The SMILES string of the molecule is O=[N+]([O-])c1ccc(Nc2cccc(F)c2I)cc1I. The molecule has 1 N–H and O–H groups in total. The zero-order valence-corrected chi connectivity index (χ0v) is 13.7. The van der Waals surface area contributed by atoms with Crippen LogP contribution in [0.25, 0.3) is 0 Å². The van der Waals surface area contributed by atoms with Gasteiger partial charge in [0, 0.05) is 11.8 Å². The first-order chi connectivity index (χ1) is 8.99. The highest BCUT2D eigenvalue weighted by Crippen LogP contribution is 2.28. The Morgan fingerprint density at radius 1 is 1.21 bits per heavy atom. The van der Waals surface area contributed by atoms with Crippen molar-refractivity contribution in [3.05, 3.63) is 59.5 Å². The van der Waals surface area contributed by atoms with Gasteiger partial charge < -0.3 is 5.32 Å². The lowest BCUT2D eigenvalue weighted by atomic mass is 10.2. The zero-order chi connectivity index (χ0) is 14.0. The summed E-state index contributed by atoms with van der Waals surface area (Å²) >= 11 is 3.81. The fourth-order valence-corrected chi connectivity index (χ4v) is 2.70. The summed E-state index contributed by atoms with van der Waals surface area (Å²) in [5.74, 6) is -0.304. The number of nitrogens with one attached hydrogen (secondary N) is 1. The third-order valence-electron chi connectivity index (χ3n) is 2.37. The second-order valence-corrected chi connectivity index (χ2v) is 5.89. The van der Waals surface area contributed by atoms with Crippen molar-refractivity contribution in [1.82, 2.24) is 0 Å². The van der Waals surface area contributed by atoms with Crippen molar-refractivity contribution in [1.29, 1.82) is 0 Å². The molecule has 0 bridgehead atoms. The lowest BCUT2D eigenvalue weighted by Crippen LogP contribution is -1.97. The molecular formula is C12H7FI2N2O2. The van der Waals surface area contributed by atoms with Crippen LogP contribution in [0.4, 0.5) is 21.5 Å². The highest BCUT2D eigenvalue weighted by Gasteiger charge is 2.12. The van der Waals surface area contributed by atoms with Crippen molar-refractivity contribution in [2.45, 2.75) is 0 Å². The monoisotopic (exact) mass is 484 g/mol. The molecule has 2 rings (SSSR count). The van der Waals surface area contributed by atoms with Crippen molar-refractivity contribution in [3.8, 4) is 0 Å². The predicted octanol–water partition coefficient (Wildman–Crippen LogP) is 4.69. The highest BCUT2D eigenvalue weighted by atomic mass is 127. The van der Waals surface area contributed by atoms with Gasteiger partial charge in [0.15, 0.2) is 0 Å². The minimum atomic E-state index is -0.433. The van der Waals surface area contributed by atoms with Crippen LogP contribution < -0.4 is 5.32 Å². The van der Waals surface area contributed by atoms with E-state index in [0.717, 1.165) is 0 Å². The van der Waals surface area contributed by atoms with Gasteiger partial charge in [-0.2, -0.15) is 0 Å². The molecule has 0 saturated heterocycles. The number of anilines is 2. The molecule has 0 saturated carbocycles. The maximum Gasteiger partial charge on any atom is 0.282 e. The molecule has 0 radical (unpaired) electrons. The van der Waals surface area contributed by atoms with E-state index in [-0.39, 0.29) is 11.5 Å². The first-order valence-electron chi connectivity index (χ1n) is 5.14. The maximum atomic E-state index is 13.4. The molecule has 7 heteroatoms. The number of halogens is 3. The predicted molar refractivity (Wildman–Crippen MR) is 88.2 cm³/mol. The van der Waals surface area contributed by atoms with Crippen molar-refractivity contribution in [3.63, 3.8) is 0 Å². The summed E-state index contributed by atoms with van der Waals surface area (Å²) in [7, 11) is 0. The quantitative estimate of drug-likeness (QED) is 0.391. The average Bonchev–Trinajstić information content (AvgIpc) is 2.34. The van der Waals surface area contributed by atoms with Gasteiger partial charge in [0.2, 0.25) is 0 Å². The number of benzene rings is 2. The molecule has 98 valence electrons. The van der Waals surface area contributed by atoms with Crippen LogP contribution >= 0.6 is 45.2 Å². The van der Waals surface area contributed by atoms with Crippen LogP contribution in [0.3, 0.4) is 0 Å². The molecule has 0 heterocycles. The Kier molecular flexibility index (Phi) is 4.55. The van der Waals surface area contributed by atoms with Crippen molar-refractivity contribution >= 4 is 62.2 Å². The van der Waals surface area contributed by atoms with Gasteiger partial charge >= 0.3 is 0 Å². The van der Waals surface area contributed by atoms with Gasteiger partial charge in [0.25, 0.3) is 5.69 Å². The third-order valence-corrected chi connectivity index (χ3v) is 4.34. The first kappa shape index (κ1) is 14.4. The maximum absolute atomic E-state index is 13.4. The Balaban J connectivity index is 2.32. The minimum Gasteiger partial charge on any atom is -0.355 e. The van der Waals surface area contributed by atoms with Gasteiger partial charge in [0.1, 0.15) is 5.82 Å². The molecule has 0 unspecified atom stereocenters. The number of nitrogens with zero attached hydrogens (tertiary/aromatic N) is 1. The summed E-state index contributed by atoms with van der Waals surface area (Å²) in [4.78, 5) is 10.3. The lowest BCUT2D eigenvalue weighted by molar-refractivity contribution is -0.385. The third kappa shape index (κ3) is 3.32. The smallest absolute Gasteiger partial charge is 0.282 e. The van der Waals surface area contributed by atoms with Crippen LogP contribution in [0.5, 0.6) is 0 Å². The molecule has 0 aliphatic carbocycles. The summed E-state index contributed by atoms with van der Waals surface area (Å²) in [6, 6.07) is 9.42. The van der Waals surface area contributed by atoms with Crippen LogP contribution in [0.2, 0.25) is 0 Å². The summed E-state index contributed by atoms with van der Waals surface area (Å²) in [6.45, 7) is 0. The fraction of sp³-hybridized carbons (Fsp3) is 0. The van der Waals surface area contributed by atoms with Crippen LogP contribution in [-0.4, -0.2) is 4.92 Å². The lowest BCUT2D eigenvalue weighted by Gasteiger charge is -2.09. The van der Waals surface area contributed by atoms with Crippen molar-refractivity contribution in [2.75, 3.05) is 5.32 Å². The van der Waals surface area contributed by atoms with Gasteiger partial charge in [-0.15, -0.1) is 0 Å². The van der Waals surface area contributed by atoms with Crippen molar-refractivity contribution in [2.24, 2.45) is 0 Å². The van der Waals surface area contributed by atoms with E-state index in [4.69, 9.17) is 0 Å². The summed E-state index contributed by atoms with van der Waals surface area (Å²) < 4.78 is 14.4. The molecule has 0 aliphatic heterocycles. The van der Waals surface area contributed by atoms with E-state index in [1.807, 2.05) is 45.2 Å². The molecule has 2 aromatic rings. The Morgan fingerprint density at radius 2 is 1.95 bits per heavy atom.